The van der Waals surface area contributed by atoms with Gasteiger partial charge >= 0.3 is 0 Å². The van der Waals surface area contributed by atoms with Crippen LogP contribution >= 0.6 is 11.8 Å². The van der Waals surface area contributed by atoms with Crippen molar-refractivity contribution in [1.29, 1.82) is 0 Å². The normalized spacial score (nSPS) is 11.2. The lowest BCUT2D eigenvalue weighted by Crippen LogP contribution is -2.23. The third-order valence-corrected chi connectivity index (χ3v) is 5.91. The summed E-state index contributed by atoms with van der Waals surface area (Å²) in [5, 5.41) is 11.8. The molecular weight excluding hydrogens is 449 g/mol. The number of amides is 1. The molecule has 0 saturated heterocycles. The van der Waals surface area contributed by atoms with Crippen LogP contribution in [-0.2, 0) is 11.3 Å². The van der Waals surface area contributed by atoms with Gasteiger partial charge in [-0.3, -0.25) is 18.6 Å². The number of halogens is 1. The van der Waals surface area contributed by atoms with E-state index in [1.807, 2.05) is 6.92 Å². The second kappa shape index (κ2) is 9.49. The molecule has 0 aliphatic heterocycles. The van der Waals surface area contributed by atoms with Gasteiger partial charge in [-0.25, -0.2) is 4.39 Å². The molecule has 0 fully saturated rings. The number of benzene rings is 2. The number of hydrogen-bond donors (Lipinski definition) is 1. The van der Waals surface area contributed by atoms with Crippen molar-refractivity contribution in [3.63, 3.8) is 0 Å². The lowest BCUT2D eigenvalue weighted by atomic mass is 10.2. The minimum Gasteiger partial charge on any atom is -0.493 e. The van der Waals surface area contributed by atoms with E-state index in [1.54, 1.807) is 22.6 Å². The summed E-state index contributed by atoms with van der Waals surface area (Å²) in [6, 6.07) is 9.09. The Hall–Kier alpha value is -3.60. The van der Waals surface area contributed by atoms with E-state index in [-0.39, 0.29) is 22.6 Å². The summed E-state index contributed by atoms with van der Waals surface area (Å²) in [6.07, 6.45) is 0.694. The molecule has 0 radical (unpaired) electrons. The summed E-state index contributed by atoms with van der Waals surface area (Å²) >= 11 is 1.17. The van der Waals surface area contributed by atoms with Crippen molar-refractivity contribution in [2.24, 2.45) is 0 Å². The van der Waals surface area contributed by atoms with E-state index in [0.29, 0.717) is 46.6 Å². The zero-order valence-corrected chi connectivity index (χ0v) is 19.1. The predicted molar refractivity (Wildman–Crippen MR) is 124 cm³/mol. The third kappa shape index (κ3) is 4.36. The molecule has 2 aromatic carbocycles. The van der Waals surface area contributed by atoms with Crippen LogP contribution in [0.5, 0.6) is 11.5 Å². The summed E-state index contributed by atoms with van der Waals surface area (Å²) < 4.78 is 27.5. The Morgan fingerprint density at radius 2 is 1.91 bits per heavy atom. The standard InChI is InChI=1S/C22H22FN5O4S/c1-4-9-27-20(30)15-10-13(23)5-7-16(15)28-21(27)25-26-22(28)33-12-19(29)24-14-6-8-17(31-2)18(11-14)32-3/h5-8,10-11H,4,9,12H2,1-3H3,(H,24,29). The molecule has 2 heterocycles. The van der Waals surface area contributed by atoms with E-state index in [2.05, 4.69) is 15.5 Å². The van der Waals surface area contributed by atoms with E-state index < -0.39 is 5.82 Å². The molecule has 9 nitrogen and oxygen atoms in total. The van der Waals surface area contributed by atoms with Gasteiger partial charge < -0.3 is 14.8 Å². The average molecular weight is 472 g/mol. The maximum Gasteiger partial charge on any atom is 0.262 e. The highest BCUT2D eigenvalue weighted by Gasteiger charge is 2.18. The lowest BCUT2D eigenvalue weighted by Gasteiger charge is -2.11. The van der Waals surface area contributed by atoms with Crippen LogP contribution < -0.4 is 20.3 Å². The Morgan fingerprint density at radius 3 is 2.64 bits per heavy atom. The molecule has 1 N–H and O–H groups in total. The molecule has 33 heavy (non-hydrogen) atoms. The van der Waals surface area contributed by atoms with Gasteiger partial charge in [0.25, 0.3) is 5.56 Å². The third-order valence-electron chi connectivity index (χ3n) is 4.98. The number of ether oxygens (including phenoxy) is 2. The predicted octanol–water partition coefficient (Wildman–Crippen LogP) is 3.34. The molecule has 4 rings (SSSR count). The highest BCUT2D eigenvalue weighted by molar-refractivity contribution is 7.99. The van der Waals surface area contributed by atoms with E-state index in [9.17, 15) is 14.0 Å². The Bertz CT molecular complexity index is 1400. The molecule has 0 unspecified atom stereocenters. The summed E-state index contributed by atoms with van der Waals surface area (Å²) in [5.41, 5.74) is 0.715. The van der Waals surface area contributed by atoms with Crippen molar-refractivity contribution in [3.05, 3.63) is 52.6 Å². The summed E-state index contributed by atoms with van der Waals surface area (Å²) in [7, 11) is 3.05. The maximum atomic E-state index is 13.9. The highest BCUT2D eigenvalue weighted by Crippen LogP contribution is 2.30. The first-order chi connectivity index (χ1) is 16.0. The number of nitrogens with zero attached hydrogens (tertiary/aromatic N) is 4. The fourth-order valence-electron chi connectivity index (χ4n) is 3.52. The van der Waals surface area contributed by atoms with Crippen LogP contribution in [0.3, 0.4) is 0 Å². The Labute approximate surface area is 192 Å². The smallest absolute Gasteiger partial charge is 0.262 e. The number of rotatable bonds is 8. The molecule has 0 atom stereocenters. The molecule has 0 aliphatic carbocycles. The highest BCUT2D eigenvalue weighted by atomic mass is 32.2. The van der Waals surface area contributed by atoms with Crippen LogP contribution in [0.4, 0.5) is 10.1 Å². The van der Waals surface area contributed by atoms with E-state index >= 15 is 0 Å². The van der Waals surface area contributed by atoms with E-state index in [1.165, 1.54) is 48.7 Å². The molecule has 1 amide bonds. The zero-order chi connectivity index (χ0) is 23.5. The quantitative estimate of drug-likeness (QED) is 0.394. The van der Waals surface area contributed by atoms with Gasteiger partial charge in [0.1, 0.15) is 5.82 Å². The van der Waals surface area contributed by atoms with Crippen LogP contribution in [0.2, 0.25) is 0 Å². The largest absolute Gasteiger partial charge is 0.493 e. The van der Waals surface area contributed by atoms with Crippen LogP contribution in [0.1, 0.15) is 13.3 Å². The number of nitrogens with one attached hydrogen (secondary N) is 1. The lowest BCUT2D eigenvalue weighted by molar-refractivity contribution is -0.113. The molecule has 172 valence electrons. The van der Waals surface area contributed by atoms with Crippen LogP contribution in [0.25, 0.3) is 16.7 Å². The van der Waals surface area contributed by atoms with Gasteiger partial charge in [0.15, 0.2) is 16.7 Å². The second-order valence-corrected chi connectivity index (χ2v) is 8.09. The monoisotopic (exact) mass is 471 g/mol. The number of carbonyl (C=O) groups excluding carboxylic acids is 1. The van der Waals surface area contributed by atoms with Gasteiger partial charge in [0, 0.05) is 18.3 Å². The fourth-order valence-corrected chi connectivity index (χ4v) is 4.26. The van der Waals surface area contributed by atoms with Crippen molar-refractivity contribution < 1.29 is 18.7 Å². The van der Waals surface area contributed by atoms with Crippen LogP contribution in [0, 0.1) is 5.82 Å². The minimum atomic E-state index is -0.501. The first kappa shape index (κ1) is 22.6. The van der Waals surface area contributed by atoms with Gasteiger partial charge in [-0.05, 0) is 36.8 Å². The van der Waals surface area contributed by atoms with Crippen LogP contribution in [0.15, 0.2) is 46.3 Å². The summed E-state index contributed by atoms with van der Waals surface area (Å²) in [5.74, 6) is 0.689. The minimum absolute atomic E-state index is 0.0464. The molecule has 0 spiro atoms. The Balaban J connectivity index is 1.62. The summed E-state index contributed by atoms with van der Waals surface area (Å²) in [6.45, 7) is 2.35. The van der Waals surface area contributed by atoms with Gasteiger partial charge in [-0.15, -0.1) is 10.2 Å². The fraction of sp³-hybridized carbons (Fsp3) is 0.273. The molecular formula is C22H22FN5O4S. The van der Waals surface area contributed by atoms with Crippen molar-refractivity contribution in [1.82, 2.24) is 19.2 Å². The second-order valence-electron chi connectivity index (χ2n) is 7.14. The molecule has 2 aromatic heterocycles. The zero-order valence-electron chi connectivity index (χ0n) is 18.3. The first-order valence-electron chi connectivity index (χ1n) is 10.2. The maximum absolute atomic E-state index is 13.9. The number of fused-ring (bicyclic) bond motifs is 3. The SMILES string of the molecule is CCCn1c(=O)c2cc(F)ccc2n2c(SCC(=O)Nc3ccc(OC)c(OC)c3)nnc12. The van der Waals surface area contributed by atoms with Crippen LogP contribution in [-0.4, -0.2) is 45.0 Å². The number of thioether (sulfide) groups is 1. The molecule has 4 aromatic rings. The number of methoxy groups -OCH3 is 2. The summed E-state index contributed by atoms with van der Waals surface area (Å²) in [4.78, 5) is 25.4. The van der Waals surface area contributed by atoms with Crippen molar-refractivity contribution in [2.45, 2.75) is 25.0 Å². The van der Waals surface area contributed by atoms with Gasteiger partial charge in [-0.2, -0.15) is 0 Å². The number of anilines is 1. The first-order valence-corrected chi connectivity index (χ1v) is 11.2. The molecule has 0 aliphatic rings. The Kier molecular flexibility index (Phi) is 6.50. The number of aryl methyl sites for hydroxylation is 1. The molecule has 11 heteroatoms. The van der Waals surface area contributed by atoms with E-state index in [4.69, 9.17) is 9.47 Å². The van der Waals surface area contributed by atoms with Crippen molar-refractivity contribution >= 4 is 40.0 Å². The van der Waals surface area contributed by atoms with Crippen molar-refractivity contribution in [3.8, 4) is 11.5 Å². The topological polar surface area (TPSA) is 99.8 Å². The Morgan fingerprint density at radius 1 is 1.12 bits per heavy atom. The number of hydrogen-bond acceptors (Lipinski definition) is 7. The van der Waals surface area contributed by atoms with Crippen molar-refractivity contribution in [2.75, 3.05) is 25.3 Å². The van der Waals surface area contributed by atoms with E-state index in [0.717, 1.165) is 0 Å². The number of carbonyl (C=O) groups is 1. The molecule has 0 saturated carbocycles. The van der Waals surface area contributed by atoms with Gasteiger partial charge in [0.2, 0.25) is 11.7 Å². The molecule has 0 bridgehead atoms. The van der Waals surface area contributed by atoms with Gasteiger partial charge in [-0.1, -0.05) is 18.7 Å². The van der Waals surface area contributed by atoms with Gasteiger partial charge in [0.05, 0.1) is 30.9 Å². The number of aromatic nitrogens is 4. The average Bonchev–Trinajstić information content (AvgIpc) is 3.24.